The van der Waals surface area contributed by atoms with Gasteiger partial charge in [0.25, 0.3) is 0 Å². The molecule has 166 valence electrons. The van der Waals surface area contributed by atoms with Crippen LogP contribution in [0.3, 0.4) is 0 Å². The lowest BCUT2D eigenvalue weighted by Gasteiger charge is -2.47. The quantitative estimate of drug-likeness (QED) is 0.693. The van der Waals surface area contributed by atoms with Gasteiger partial charge >= 0.3 is 6.18 Å². The fourth-order valence-electron chi connectivity index (χ4n) is 5.12. The molecule has 0 bridgehead atoms. The molecule has 8 heteroatoms. The van der Waals surface area contributed by atoms with E-state index >= 15 is 0 Å². The second kappa shape index (κ2) is 8.38. The van der Waals surface area contributed by atoms with E-state index in [9.17, 15) is 13.2 Å². The third-order valence-electron chi connectivity index (χ3n) is 6.71. The smallest absolute Gasteiger partial charge is 0.368 e. The molecule has 5 nitrogen and oxygen atoms in total. The molecule has 4 rings (SSSR count). The number of likely N-dealkylation sites (tertiary alicyclic amines) is 1. The molecule has 1 saturated carbocycles. The van der Waals surface area contributed by atoms with Crippen LogP contribution in [-0.2, 0) is 11.8 Å². The molecule has 1 saturated heterocycles. The Balaban J connectivity index is 1.36. The molecule has 2 heterocycles. The lowest BCUT2D eigenvalue weighted by Crippen LogP contribution is -2.58. The van der Waals surface area contributed by atoms with E-state index in [0.29, 0.717) is 25.2 Å². The number of ether oxygens (including phenoxy) is 1. The Morgan fingerprint density at radius 1 is 1.17 bits per heavy atom. The van der Waals surface area contributed by atoms with Crippen molar-refractivity contribution in [2.24, 2.45) is 7.05 Å². The highest BCUT2D eigenvalue weighted by molar-refractivity contribution is 5.93. The van der Waals surface area contributed by atoms with Gasteiger partial charge in [0.1, 0.15) is 6.61 Å². The van der Waals surface area contributed by atoms with Crippen molar-refractivity contribution in [3.05, 3.63) is 23.9 Å². The summed E-state index contributed by atoms with van der Waals surface area (Å²) in [7, 11) is 1.97. The number of benzene rings is 1. The molecule has 2 aliphatic rings. The van der Waals surface area contributed by atoms with Gasteiger partial charge in [-0.2, -0.15) is 18.3 Å². The summed E-state index contributed by atoms with van der Waals surface area (Å²) in [5.74, 6) is 0. The summed E-state index contributed by atoms with van der Waals surface area (Å²) in [5, 5.41) is 5.65. The monoisotopic (exact) mass is 424 g/mol. The third-order valence-corrected chi connectivity index (χ3v) is 6.71. The largest absolute Gasteiger partial charge is 0.411 e. The van der Waals surface area contributed by atoms with Crippen LogP contribution in [0.15, 0.2) is 18.3 Å². The summed E-state index contributed by atoms with van der Waals surface area (Å²) in [5.41, 5.74) is 3.70. The first-order valence-corrected chi connectivity index (χ1v) is 10.9. The van der Waals surface area contributed by atoms with Crippen LogP contribution in [0, 0.1) is 6.92 Å². The molecular formula is C22H31F3N4O. The number of nitrogens with zero attached hydrogens (tertiary/aromatic N) is 4. The zero-order chi connectivity index (χ0) is 21.5. The molecule has 1 aliphatic heterocycles. The van der Waals surface area contributed by atoms with Crippen molar-refractivity contribution in [3.8, 4) is 0 Å². The highest BCUT2D eigenvalue weighted by Gasteiger charge is 2.38. The third kappa shape index (κ3) is 4.30. The second-order valence-electron chi connectivity index (χ2n) is 8.68. The van der Waals surface area contributed by atoms with Crippen molar-refractivity contribution in [3.63, 3.8) is 0 Å². The van der Waals surface area contributed by atoms with Crippen molar-refractivity contribution >= 4 is 16.6 Å². The normalized spacial score (nSPS) is 23.7. The molecule has 1 aromatic carbocycles. The molecule has 0 radical (unpaired) electrons. The van der Waals surface area contributed by atoms with E-state index in [4.69, 9.17) is 4.74 Å². The number of hydrogen-bond acceptors (Lipinski definition) is 4. The van der Waals surface area contributed by atoms with Crippen LogP contribution in [0.5, 0.6) is 0 Å². The van der Waals surface area contributed by atoms with Crippen LogP contribution < -0.4 is 4.90 Å². The van der Waals surface area contributed by atoms with Gasteiger partial charge in [-0.3, -0.25) is 9.58 Å². The zero-order valence-corrected chi connectivity index (χ0v) is 18.0. The number of halogens is 3. The molecule has 0 atom stereocenters. The van der Waals surface area contributed by atoms with E-state index in [1.54, 1.807) is 0 Å². The molecule has 0 spiro atoms. The Morgan fingerprint density at radius 3 is 2.50 bits per heavy atom. The maximum Gasteiger partial charge on any atom is 0.411 e. The van der Waals surface area contributed by atoms with Gasteiger partial charge in [0.15, 0.2) is 0 Å². The van der Waals surface area contributed by atoms with Crippen LogP contribution in [0.1, 0.15) is 38.2 Å². The van der Waals surface area contributed by atoms with Crippen LogP contribution in [0.25, 0.3) is 10.9 Å². The van der Waals surface area contributed by atoms with Crippen LogP contribution in [0.2, 0.25) is 0 Å². The van der Waals surface area contributed by atoms with Crippen LogP contribution >= 0.6 is 0 Å². The molecule has 1 aromatic heterocycles. The number of anilines is 1. The Morgan fingerprint density at radius 2 is 1.87 bits per heavy atom. The maximum atomic E-state index is 12.3. The van der Waals surface area contributed by atoms with Gasteiger partial charge in [0.2, 0.25) is 0 Å². The van der Waals surface area contributed by atoms with Gasteiger partial charge in [-0.05, 0) is 51.2 Å². The predicted octanol–water partition coefficient (Wildman–Crippen LogP) is 4.28. The Labute approximate surface area is 175 Å². The summed E-state index contributed by atoms with van der Waals surface area (Å²) in [6.45, 7) is 5.42. The SMILES string of the molecule is CCN(c1c(C)ccc2c1cnn2C)C1CCC(N2CC(OCC(F)(F)F)C2)CC1. The maximum absolute atomic E-state index is 12.3. The van der Waals surface area contributed by atoms with E-state index < -0.39 is 12.8 Å². The Hall–Kier alpha value is -1.80. The minimum absolute atomic E-state index is 0.276. The van der Waals surface area contributed by atoms with Gasteiger partial charge in [-0.15, -0.1) is 0 Å². The van der Waals surface area contributed by atoms with E-state index in [1.807, 2.05) is 17.9 Å². The molecule has 2 aromatic rings. The summed E-state index contributed by atoms with van der Waals surface area (Å²) in [6.07, 6.45) is 1.80. The highest BCUT2D eigenvalue weighted by Crippen LogP contribution is 2.36. The topological polar surface area (TPSA) is 33.5 Å². The summed E-state index contributed by atoms with van der Waals surface area (Å²) < 4.78 is 43.8. The Bertz CT molecular complexity index is 867. The first kappa shape index (κ1) is 21.4. The first-order valence-electron chi connectivity index (χ1n) is 10.9. The van der Waals surface area contributed by atoms with Gasteiger partial charge in [0.05, 0.1) is 23.5 Å². The molecular weight excluding hydrogens is 393 g/mol. The fraction of sp³-hybridized carbons (Fsp3) is 0.682. The average molecular weight is 425 g/mol. The molecule has 30 heavy (non-hydrogen) atoms. The molecule has 0 amide bonds. The molecule has 0 N–H and O–H groups in total. The predicted molar refractivity (Wildman–Crippen MR) is 112 cm³/mol. The van der Waals surface area contributed by atoms with Gasteiger partial charge < -0.3 is 9.64 Å². The number of fused-ring (bicyclic) bond motifs is 1. The van der Waals surface area contributed by atoms with Crippen molar-refractivity contribution in [1.82, 2.24) is 14.7 Å². The van der Waals surface area contributed by atoms with Gasteiger partial charge in [-0.1, -0.05) is 6.07 Å². The molecule has 2 fully saturated rings. The number of aromatic nitrogens is 2. The van der Waals surface area contributed by atoms with Crippen LogP contribution in [0.4, 0.5) is 18.9 Å². The van der Waals surface area contributed by atoms with Crippen molar-refractivity contribution in [2.45, 2.75) is 63.9 Å². The average Bonchev–Trinajstić information content (AvgIpc) is 3.04. The molecule has 0 unspecified atom stereocenters. The van der Waals surface area contributed by atoms with E-state index in [1.165, 1.54) is 16.6 Å². The highest BCUT2D eigenvalue weighted by atomic mass is 19.4. The number of rotatable bonds is 6. The molecule has 1 aliphatic carbocycles. The fourth-order valence-corrected chi connectivity index (χ4v) is 5.12. The second-order valence-corrected chi connectivity index (χ2v) is 8.68. The van der Waals surface area contributed by atoms with Crippen molar-refractivity contribution in [2.75, 3.05) is 31.1 Å². The Kier molecular flexibility index (Phi) is 5.99. The lowest BCUT2D eigenvalue weighted by atomic mass is 9.87. The summed E-state index contributed by atoms with van der Waals surface area (Å²) in [4.78, 5) is 4.82. The van der Waals surface area contributed by atoms with E-state index in [-0.39, 0.29) is 6.10 Å². The number of alkyl halides is 3. The van der Waals surface area contributed by atoms with Crippen molar-refractivity contribution in [1.29, 1.82) is 0 Å². The lowest BCUT2D eigenvalue weighted by molar-refractivity contribution is -0.202. The summed E-state index contributed by atoms with van der Waals surface area (Å²) in [6, 6.07) is 5.25. The van der Waals surface area contributed by atoms with E-state index in [2.05, 4.69) is 40.9 Å². The summed E-state index contributed by atoms with van der Waals surface area (Å²) >= 11 is 0. The zero-order valence-electron chi connectivity index (χ0n) is 18.0. The number of hydrogen-bond donors (Lipinski definition) is 0. The van der Waals surface area contributed by atoms with Crippen LogP contribution in [-0.4, -0.2) is 65.3 Å². The standard InChI is InChI=1S/C22H31F3N4O/c1-4-29(21-15(2)5-10-20-19(21)11-26-27(20)3)17-8-6-16(7-9-17)28-12-18(13-28)30-14-22(23,24)25/h5,10-11,16-18H,4,6-9,12-14H2,1-3H3. The minimum Gasteiger partial charge on any atom is -0.368 e. The van der Waals surface area contributed by atoms with Gasteiger partial charge in [0, 0.05) is 44.2 Å². The van der Waals surface area contributed by atoms with Crippen molar-refractivity contribution < 1.29 is 17.9 Å². The van der Waals surface area contributed by atoms with Gasteiger partial charge in [-0.25, -0.2) is 0 Å². The first-order chi connectivity index (χ1) is 14.3. The van der Waals surface area contributed by atoms with E-state index in [0.717, 1.165) is 37.7 Å². The number of aryl methyl sites for hydroxylation is 2. The minimum atomic E-state index is -4.24.